The predicted molar refractivity (Wildman–Crippen MR) is 144 cm³/mol. The van der Waals surface area contributed by atoms with Crippen LogP contribution in [0.4, 0.5) is 18.9 Å². The molecule has 2 heterocycles. The van der Waals surface area contributed by atoms with Gasteiger partial charge in [-0.1, -0.05) is 48.5 Å². The lowest BCUT2D eigenvalue weighted by Crippen LogP contribution is -2.46. The summed E-state index contributed by atoms with van der Waals surface area (Å²) in [7, 11) is 1.27. The van der Waals surface area contributed by atoms with Gasteiger partial charge in [-0.15, -0.1) is 0 Å². The Morgan fingerprint density at radius 3 is 2.33 bits per heavy atom. The molecule has 4 rings (SSSR count). The van der Waals surface area contributed by atoms with Crippen molar-refractivity contribution >= 4 is 23.6 Å². The maximum absolute atomic E-state index is 13.5. The van der Waals surface area contributed by atoms with Crippen LogP contribution in [0.25, 0.3) is 6.08 Å². The highest BCUT2D eigenvalue weighted by atomic mass is 19.4. The van der Waals surface area contributed by atoms with Crippen LogP contribution in [0.15, 0.2) is 79.0 Å². The molecule has 2 aromatic carbocycles. The van der Waals surface area contributed by atoms with Gasteiger partial charge in [0.15, 0.2) is 0 Å². The Morgan fingerprint density at radius 2 is 1.73 bits per heavy atom. The van der Waals surface area contributed by atoms with E-state index in [-0.39, 0.29) is 13.0 Å². The molecule has 10 heteroatoms. The number of nitrogens with zero attached hydrogens (tertiary/aromatic N) is 3. The molecule has 1 aromatic heterocycles. The van der Waals surface area contributed by atoms with Crippen molar-refractivity contribution in [3.05, 3.63) is 101 Å². The maximum atomic E-state index is 13.5. The van der Waals surface area contributed by atoms with E-state index >= 15 is 0 Å². The van der Waals surface area contributed by atoms with E-state index in [0.717, 1.165) is 42.2 Å². The summed E-state index contributed by atoms with van der Waals surface area (Å²) < 4.78 is 49.1. The van der Waals surface area contributed by atoms with Crippen LogP contribution in [0.2, 0.25) is 0 Å². The van der Waals surface area contributed by atoms with Crippen LogP contribution in [0.1, 0.15) is 22.4 Å². The molecule has 210 valence electrons. The Morgan fingerprint density at radius 1 is 1.02 bits per heavy atom. The lowest BCUT2D eigenvalue weighted by atomic mass is 10.0. The summed E-state index contributed by atoms with van der Waals surface area (Å²) in [4.78, 5) is 33.5. The van der Waals surface area contributed by atoms with Crippen LogP contribution in [0.5, 0.6) is 0 Å². The number of ether oxygens (including phenoxy) is 2. The Bertz CT molecular complexity index is 1290. The SMILES string of the molecule is COC(=O)C(Cc1ccccc1)N(Cc1ccc(N2CCOCC2)cc1)C(=O)C=Cc1ccc(C(F)(F)F)nc1. The van der Waals surface area contributed by atoms with Gasteiger partial charge in [0.1, 0.15) is 11.7 Å². The Labute approximate surface area is 230 Å². The molecule has 0 radical (unpaired) electrons. The number of methoxy groups -OCH3 is 1. The zero-order valence-electron chi connectivity index (χ0n) is 22.0. The van der Waals surface area contributed by atoms with Crippen LogP contribution in [0.3, 0.4) is 0 Å². The summed E-state index contributed by atoms with van der Waals surface area (Å²) in [5, 5.41) is 0. The average molecular weight is 554 g/mol. The van der Waals surface area contributed by atoms with E-state index in [2.05, 4.69) is 9.88 Å². The van der Waals surface area contributed by atoms with Crippen molar-refractivity contribution in [2.45, 2.75) is 25.2 Å². The number of carbonyl (C=O) groups is 2. The van der Waals surface area contributed by atoms with Crippen LogP contribution >= 0.6 is 0 Å². The topological polar surface area (TPSA) is 72.0 Å². The Balaban J connectivity index is 1.59. The van der Waals surface area contributed by atoms with E-state index in [1.165, 1.54) is 30.2 Å². The maximum Gasteiger partial charge on any atom is 0.433 e. The fraction of sp³-hybridized carbons (Fsp3) is 0.300. The molecule has 0 bridgehead atoms. The molecule has 0 N–H and O–H groups in total. The number of pyridine rings is 1. The number of anilines is 1. The van der Waals surface area contributed by atoms with Gasteiger partial charge < -0.3 is 19.3 Å². The highest BCUT2D eigenvalue weighted by Gasteiger charge is 2.32. The summed E-state index contributed by atoms with van der Waals surface area (Å²) in [6.45, 7) is 3.00. The fourth-order valence-corrected chi connectivity index (χ4v) is 4.40. The van der Waals surface area contributed by atoms with Crippen molar-refractivity contribution in [1.82, 2.24) is 9.88 Å². The van der Waals surface area contributed by atoms with E-state index in [4.69, 9.17) is 9.47 Å². The number of halogens is 3. The summed E-state index contributed by atoms with van der Waals surface area (Å²) in [5.74, 6) is -1.07. The van der Waals surface area contributed by atoms with Crippen molar-refractivity contribution in [3.8, 4) is 0 Å². The molecule has 1 saturated heterocycles. The van der Waals surface area contributed by atoms with Gasteiger partial charge in [-0.3, -0.25) is 9.78 Å². The molecule has 1 atom stereocenters. The molecule has 1 amide bonds. The molecule has 3 aromatic rings. The minimum Gasteiger partial charge on any atom is -0.467 e. The number of hydrogen-bond donors (Lipinski definition) is 0. The van der Waals surface area contributed by atoms with Crippen molar-refractivity contribution < 1.29 is 32.2 Å². The van der Waals surface area contributed by atoms with Crippen molar-refractivity contribution in [2.24, 2.45) is 0 Å². The number of benzene rings is 2. The van der Waals surface area contributed by atoms with Gasteiger partial charge in [0.25, 0.3) is 0 Å². The van der Waals surface area contributed by atoms with Gasteiger partial charge in [-0.2, -0.15) is 13.2 Å². The average Bonchev–Trinajstić information content (AvgIpc) is 2.98. The van der Waals surface area contributed by atoms with E-state index in [0.29, 0.717) is 18.8 Å². The molecule has 40 heavy (non-hydrogen) atoms. The predicted octanol–water partition coefficient (Wildman–Crippen LogP) is 4.76. The van der Waals surface area contributed by atoms with Gasteiger partial charge in [-0.05, 0) is 41.0 Å². The number of carbonyl (C=O) groups excluding carboxylic acids is 2. The molecule has 0 saturated carbocycles. The van der Waals surface area contributed by atoms with Crippen molar-refractivity contribution in [1.29, 1.82) is 0 Å². The normalized spacial score (nSPS) is 14.7. The summed E-state index contributed by atoms with van der Waals surface area (Å²) in [6.07, 6.45) is -0.685. The van der Waals surface area contributed by atoms with E-state index in [9.17, 15) is 22.8 Å². The third-order valence-electron chi connectivity index (χ3n) is 6.57. The first-order valence-electron chi connectivity index (χ1n) is 12.8. The highest BCUT2D eigenvalue weighted by Crippen LogP contribution is 2.27. The van der Waals surface area contributed by atoms with Crippen molar-refractivity contribution in [2.75, 3.05) is 38.3 Å². The highest BCUT2D eigenvalue weighted by molar-refractivity contribution is 5.94. The molecule has 1 fully saturated rings. The van der Waals surface area contributed by atoms with Crippen LogP contribution in [-0.4, -0.2) is 61.2 Å². The Kier molecular flexibility index (Phi) is 9.55. The summed E-state index contributed by atoms with van der Waals surface area (Å²) in [5.41, 5.74) is 1.97. The fourth-order valence-electron chi connectivity index (χ4n) is 4.40. The Hall–Kier alpha value is -4.18. The lowest BCUT2D eigenvalue weighted by molar-refractivity contribution is -0.151. The molecular weight excluding hydrogens is 523 g/mol. The minimum atomic E-state index is -4.56. The number of aromatic nitrogens is 1. The quantitative estimate of drug-likeness (QED) is 0.281. The zero-order valence-corrected chi connectivity index (χ0v) is 22.0. The van der Waals surface area contributed by atoms with Gasteiger partial charge in [0.05, 0.1) is 20.3 Å². The molecule has 1 aliphatic heterocycles. The minimum absolute atomic E-state index is 0.116. The number of rotatable bonds is 9. The first-order valence-corrected chi connectivity index (χ1v) is 12.8. The van der Waals surface area contributed by atoms with Crippen LogP contribution in [0, 0.1) is 0 Å². The number of morpholine rings is 1. The third-order valence-corrected chi connectivity index (χ3v) is 6.57. The van der Waals surface area contributed by atoms with Gasteiger partial charge in [-0.25, -0.2) is 4.79 Å². The van der Waals surface area contributed by atoms with Crippen molar-refractivity contribution in [3.63, 3.8) is 0 Å². The van der Waals surface area contributed by atoms with Crippen LogP contribution < -0.4 is 4.90 Å². The first-order chi connectivity index (χ1) is 19.2. The molecule has 7 nitrogen and oxygen atoms in total. The molecule has 1 unspecified atom stereocenters. The number of amides is 1. The van der Waals surface area contributed by atoms with E-state index in [1.54, 1.807) is 0 Å². The second kappa shape index (κ2) is 13.3. The number of alkyl halides is 3. The van der Waals surface area contributed by atoms with Crippen LogP contribution in [-0.2, 0) is 38.2 Å². The van der Waals surface area contributed by atoms with Gasteiger partial charge in [0, 0.05) is 44.0 Å². The largest absolute Gasteiger partial charge is 0.467 e. The zero-order chi connectivity index (χ0) is 28.5. The third kappa shape index (κ3) is 7.69. The summed E-state index contributed by atoms with van der Waals surface area (Å²) >= 11 is 0. The number of hydrogen-bond acceptors (Lipinski definition) is 6. The standard InChI is InChI=1S/C30H30F3N3O4/c1-39-29(38)26(19-22-5-3-2-4-6-22)36(21-24-7-11-25(12-8-24)35-15-17-40-18-16-35)28(37)14-10-23-9-13-27(34-20-23)30(31,32)33/h2-14,20,26H,15-19,21H2,1H3. The lowest BCUT2D eigenvalue weighted by Gasteiger charge is -2.30. The summed E-state index contributed by atoms with van der Waals surface area (Å²) in [6, 6.07) is 18.2. The molecule has 0 spiro atoms. The number of esters is 1. The molecular formula is C30H30F3N3O4. The van der Waals surface area contributed by atoms with E-state index < -0.39 is 29.8 Å². The molecule has 1 aliphatic rings. The first kappa shape index (κ1) is 28.8. The second-order valence-corrected chi connectivity index (χ2v) is 9.27. The van der Waals surface area contributed by atoms with E-state index in [1.807, 2.05) is 54.6 Å². The van der Waals surface area contributed by atoms with Gasteiger partial charge in [0.2, 0.25) is 5.91 Å². The monoisotopic (exact) mass is 553 g/mol. The van der Waals surface area contributed by atoms with Gasteiger partial charge >= 0.3 is 12.1 Å². The smallest absolute Gasteiger partial charge is 0.433 e. The second-order valence-electron chi connectivity index (χ2n) is 9.27. The molecule has 0 aliphatic carbocycles.